The normalized spacial score (nSPS) is 15.5. The second kappa shape index (κ2) is 5.13. The molecular formula is C17H16N2OS. The largest absolute Gasteiger partial charge is 0.493 e. The van der Waals surface area contributed by atoms with Crippen LogP contribution in [0.5, 0.6) is 5.75 Å². The number of nitrogens with zero attached hydrogens (tertiary/aromatic N) is 1. The fourth-order valence-corrected chi connectivity index (χ4v) is 3.66. The monoisotopic (exact) mass is 296 g/mol. The topological polar surface area (TPSA) is 48.1 Å². The third-order valence-corrected chi connectivity index (χ3v) is 4.83. The van der Waals surface area contributed by atoms with Crippen LogP contribution in [0, 0.1) is 0 Å². The maximum Gasteiger partial charge on any atom is 0.127 e. The molecule has 3 nitrogen and oxygen atoms in total. The number of pyridine rings is 1. The molecule has 2 N–H and O–H groups in total. The third-order valence-electron chi connectivity index (χ3n) is 3.98. The lowest BCUT2D eigenvalue weighted by molar-refractivity contribution is 0.284. The van der Waals surface area contributed by atoms with Crippen molar-refractivity contribution in [2.45, 2.75) is 18.9 Å². The van der Waals surface area contributed by atoms with Crippen LogP contribution in [0.1, 0.15) is 29.2 Å². The van der Waals surface area contributed by atoms with Crippen molar-refractivity contribution < 1.29 is 4.74 Å². The third kappa shape index (κ3) is 2.20. The zero-order valence-corrected chi connectivity index (χ0v) is 12.4. The van der Waals surface area contributed by atoms with Gasteiger partial charge in [0.2, 0.25) is 0 Å². The molecule has 0 spiro atoms. The van der Waals surface area contributed by atoms with Crippen LogP contribution in [-0.2, 0) is 6.42 Å². The van der Waals surface area contributed by atoms with E-state index in [1.807, 2.05) is 12.3 Å². The minimum atomic E-state index is -0.197. The highest BCUT2D eigenvalue weighted by Crippen LogP contribution is 2.35. The summed E-state index contributed by atoms with van der Waals surface area (Å²) in [6, 6.07) is 10.2. The molecule has 4 rings (SSSR count). The smallest absolute Gasteiger partial charge is 0.127 e. The minimum absolute atomic E-state index is 0.197. The Kier molecular flexibility index (Phi) is 3.13. The molecule has 3 heterocycles. The Morgan fingerprint density at radius 2 is 2.24 bits per heavy atom. The van der Waals surface area contributed by atoms with E-state index in [2.05, 4.69) is 34.6 Å². The highest BCUT2D eigenvalue weighted by Gasteiger charge is 2.20. The number of hydrogen-bond donors (Lipinski definition) is 1. The van der Waals surface area contributed by atoms with Crippen molar-refractivity contribution in [3.8, 4) is 5.75 Å². The average Bonchev–Trinajstić information content (AvgIpc) is 3.01. The van der Waals surface area contributed by atoms with Gasteiger partial charge in [-0.3, -0.25) is 4.98 Å². The number of thiophene rings is 1. The van der Waals surface area contributed by atoms with Gasteiger partial charge >= 0.3 is 0 Å². The van der Waals surface area contributed by atoms with E-state index in [9.17, 15) is 0 Å². The number of aryl methyl sites for hydroxylation is 1. The number of hydrogen-bond acceptors (Lipinski definition) is 4. The maximum absolute atomic E-state index is 6.48. The lowest BCUT2D eigenvalue weighted by atomic mass is 9.95. The first kappa shape index (κ1) is 12.8. The Bertz CT molecular complexity index is 796. The van der Waals surface area contributed by atoms with E-state index in [4.69, 9.17) is 10.5 Å². The summed E-state index contributed by atoms with van der Waals surface area (Å²) in [5, 5.41) is 2.06. The number of ether oxygens (including phenoxy) is 1. The van der Waals surface area contributed by atoms with Crippen LogP contribution in [0.2, 0.25) is 0 Å². The van der Waals surface area contributed by atoms with E-state index < -0.39 is 0 Å². The van der Waals surface area contributed by atoms with Gasteiger partial charge in [0.15, 0.2) is 0 Å². The Balaban J connectivity index is 1.78. The zero-order chi connectivity index (χ0) is 14.2. The Morgan fingerprint density at radius 1 is 1.29 bits per heavy atom. The summed E-state index contributed by atoms with van der Waals surface area (Å²) >= 11 is 1.69. The van der Waals surface area contributed by atoms with Gasteiger partial charge in [0.25, 0.3) is 0 Å². The van der Waals surface area contributed by atoms with Gasteiger partial charge in [-0.2, -0.15) is 0 Å². The molecule has 0 aliphatic carbocycles. The molecule has 4 heteroatoms. The molecule has 0 radical (unpaired) electrons. The minimum Gasteiger partial charge on any atom is -0.493 e. The van der Waals surface area contributed by atoms with Crippen molar-refractivity contribution >= 4 is 21.6 Å². The second-order valence-corrected chi connectivity index (χ2v) is 6.29. The van der Waals surface area contributed by atoms with Gasteiger partial charge in [-0.05, 0) is 41.5 Å². The van der Waals surface area contributed by atoms with E-state index >= 15 is 0 Å². The van der Waals surface area contributed by atoms with Crippen molar-refractivity contribution in [1.29, 1.82) is 0 Å². The molecule has 1 atom stereocenters. The Labute approximate surface area is 127 Å². The molecule has 0 saturated carbocycles. The highest BCUT2D eigenvalue weighted by molar-refractivity contribution is 7.17. The Morgan fingerprint density at radius 3 is 3.19 bits per heavy atom. The first-order chi connectivity index (χ1) is 10.3. The fourth-order valence-electron chi connectivity index (χ4n) is 2.87. The van der Waals surface area contributed by atoms with Gasteiger partial charge in [0.1, 0.15) is 5.75 Å². The van der Waals surface area contributed by atoms with Gasteiger partial charge in [-0.1, -0.05) is 18.2 Å². The molecule has 2 aromatic heterocycles. The molecule has 1 aromatic carbocycles. The van der Waals surface area contributed by atoms with Crippen molar-refractivity contribution in [2.75, 3.05) is 6.61 Å². The zero-order valence-electron chi connectivity index (χ0n) is 11.6. The molecular weight excluding hydrogens is 280 g/mol. The van der Waals surface area contributed by atoms with Gasteiger partial charge in [-0.15, -0.1) is 11.3 Å². The van der Waals surface area contributed by atoms with Crippen LogP contribution >= 0.6 is 11.3 Å². The van der Waals surface area contributed by atoms with Crippen LogP contribution < -0.4 is 10.5 Å². The predicted octanol–water partition coefficient (Wildman–Crippen LogP) is 3.67. The lowest BCUT2D eigenvalue weighted by Gasteiger charge is -2.23. The average molecular weight is 296 g/mol. The summed E-state index contributed by atoms with van der Waals surface area (Å²) in [4.78, 5) is 4.49. The summed E-state index contributed by atoms with van der Waals surface area (Å²) in [6.45, 7) is 0.777. The van der Waals surface area contributed by atoms with Gasteiger partial charge in [0, 0.05) is 11.8 Å². The first-order valence-electron chi connectivity index (χ1n) is 7.16. The summed E-state index contributed by atoms with van der Waals surface area (Å²) in [7, 11) is 0. The quantitative estimate of drug-likeness (QED) is 0.785. The van der Waals surface area contributed by atoms with Crippen molar-refractivity contribution in [3.05, 3.63) is 58.6 Å². The number of aromatic nitrogens is 1. The van der Waals surface area contributed by atoms with E-state index in [1.165, 1.54) is 10.3 Å². The number of para-hydroxylation sites is 1. The van der Waals surface area contributed by atoms with Crippen LogP contribution in [0.4, 0.5) is 0 Å². The molecule has 3 aromatic rings. The van der Waals surface area contributed by atoms with Crippen LogP contribution in [0.3, 0.4) is 0 Å². The number of rotatable bonds is 2. The molecule has 0 fully saturated rings. The first-order valence-corrected chi connectivity index (χ1v) is 8.04. The van der Waals surface area contributed by atoms with Gasteiger partial charge < -0.3 is 10.5 Å². The maximum atomic E-state index is 6.48. The summed E-state index contributed by atoms with van der Waals surface area (Å²) in [6.07, 6.45) is 4.02. The summed E-state index contributed by atoms with van der Waals surface area (Å²) in [5.74, 6) is 0.975. The fraction of sp³-hybridized carbons (Fsp3) is 0.235. The molecule has 0 amide bonds. The van der Waals surface area contributed by atoms with Crippen molar-refractivity contribution in [1.82, 2.24) is 4.98 Å². The SMILES string of the molecule is NC(c1cnc2ccsc2c1)c1cccc2c1OCCC2. The van der Waals surface area contributed by atoms with E-state index in [1.54, 1.807) is 11.3 Å². The number of benzene rings is 1. The molecule has 1 aliphatic heterocycles. The van der Waals surface area contributed by atoms with Crippen LogP contribution in [-0.4, -0.2) is 11.6 Å². The van der Waals surface area contributed by atoms with Crippen molar-refractivity contribution in [3.63, 3.8) is 0 Å². The van der Waals surface area contributed by atoms with E-state index in [0.29, 0.717) is 0 Å². The van der Waals surface area contributed by atoms with Crippen molar-refractivity contribution in [2.24, 2.45) is 5.73 Å². The molecule has 0 saturated heterocycles. The number of fused-ring (bicyclic) bond motifs is 2. The summed E-state index contributed by atoms with van der Waals surface area (Å²) in [5.41, 5.74) is 10.9. The van der Waals surface area contributed by atoms with Gasteiger partial charge in [-0.25, -0.2) is 0 Å². The van der Waals surface area contributed by atoms with Crippen LogP contribution in [0.25, 0.3) is 10.2 Å². The predicted molar refractivity (Wildman–Crippen MR) is 85.9 cm³/mol. The van der Waals surface area contributed by atoms with E-state index in [-0.39, 0.29) is 6.04 Å². The molecule has 106 valence electrons. The molecule has 0 bridgehead atoms. The van der Waals surface area contributed by atoms with E-state index in [0.717, 1.165) is 41.8 Å². The Hall–Kier alpha value is -1.91. The van der Waals surface area contributed by atoms with Gasteiger partial charge in [0.05, 0.1) is 22.9 Å². The standard InChI is InChI=1S/C17H16N2OS/c18-16(12-9-15-14(19-10-12)6-8-21-15)13-5-1-3-11-4-2-7-20-17(11)13/h1,3,5-6,8-10,16H,2,4,7,18H2. The summed E-state index contributed by atoms with van der Waals surface area (Å²) < 4.78 is 7.05. The lowest BCUT2D eigenvalue weighted by Crippen LogP contribution is -2.17. The molecule has 21 heavy (non-hydrogen) atoms. The number of nitrogens with two attached hydrogens (primary N) is 1. The van der Waals surface area contributed by atoms with Crippen LogP contribution in [0.15, 0.2) is 41.9 Å². The molecule has 1 unspecified atom stereocenters. The second-order valence-electron chi connectivity index (χ2n) is 5.34. The molecule has 1 aliphatic rings. The highest BCUT2D eigenvalue weighted by atomic mass is 32.1.